The second kappa shape index (κ2) is 14.2. The number of amides is 3. The minimum atomic E-state index is -3.62. The van der Waals surface area contributed by atoms with Gasteiger partial charge in [0.25, 0.3) is 0 Å². The van der Waals surface area contributed by atoms with E-state index in [-0.39, 0.29) is 18.7 Å². The van der Waals surface area contributed by atoms with Crippen molar-refractivity contribution in [2.24, 2.45) is 0 Å². The van der Waals surface area contributed by atoms with Crippen molar-refractivity contribution in [1.82, 2.24) is 4.72 Å². The lowest BCUT2D eigenvalue weighted by Crippen LogP contribution is -2.32. The lowest BCUT2D eigenvalue weighted by molar-refractivity contribution is -0.155. The normalized spacial score (nSPS) is 12.1. The first-order valence-electron chi connectivity index (χ1n) is 13.5. The largest absolute Gasteiger partial charge is 0.495 e. The number of rotatable bonds is 11. The number of anilines is 3. The highest BCUT2D eigenvalue weighted by Gasteiger charge is 2.24. The number of carbonyl (C=O) groups is 3. The van der Waals surface area contributed by atoms with Crippen LogP contribution in [0.4, 0.5) is 21.9 Å². The van der Waals surface area contributed by atoms with E-state index in [4.69, 9.17) is 9.47 Å². The smallest absolute Gasteiger partial charge is 0.323 e. The molecule has 0 aromatic heterocycles. The maximum Gasteiger partial charge on any atom is 0.323 e. The van der Waals surface area contributed by atoms with Crippen molar-refractivity contribution in [3.63, 3.8) is 0 Å². The van der Waals surface area contributed by atoms with Crippen LogP contribution in [0, 0.1) is 6.92 Å². The van der Waals surface area contributed by atoms with Gasteiger partial charge in [-0.3, -0.25) is 9.59 Å². The maximum absolute atomic E-state index is 12.8. The van der Waals surface area contributed by atoms with Gasteiger partial charge in [0.15, 0.2) is 0 Å². The van der Waals surface area contributed by atoms with Crippen molar-refractivity contribution in [3.8, 4) is 5.75 Å². The predicted molar refractivity (Wildman–Crippen MR) is 167 cm³/mol. The Morgan fingerprint density at radius 3 is 2.14 bits per heavy atom. The molecule has 1 atom stereocenters. The van der Waals surface area contributed by atoms with Gasteiger partial charge in [0.05, 0.1) is 37.9 Å². The van der Waals surface area contributed by atoms with Crippen LogP contribution < -0.4 is 25.4 Å². The average Bonchev–Trinajstić information content (AvgIpc) is 2.89. The molecule has 43 heavy (non-hydrogen) atoms. The van der Waals surface area contributed by atoms with Gasteiger partial charge in [0, 0.05) is 11.4 Å². The molecule has 0 radical (unpaired) electrons. The Morgan fingerprint density at radius 1 is 0.884 bits per heavy atom. The highest BCUT2D eigenvalue weighted by atomic mass is 32.2. The van der Waals surface area contributed by atoms with Crippen LogP contribution in [-0.4, -0.2) is 45.3 Å². The maximum atomic E-state index is 12.8. The molecule has 0 aliphatic carbocycles. The van der Waals surface area contributed by atoms with Crippen molar-refractivity contribution >= 4 is 45.0 Å². The molecule has 0 unspecified atom stereocenters. The molecule has 0 fully saturated rings. The number of methoxy groups -OCH3 is 1. The van der Waals surface area contributed by atoms with Gasteiger partial charge in [-0.1, -0.05) is 36.4 Å². The number of aryl methyl sites for hydroxylation is 1. The Morgan fingerprint density at radius 2 is 1.53 bits per heavy atom. The van der Waals surface area contributed by atoms with E-state index in [0.717, 1.165) is 11.8 Å². The number of hydrogen-bond acceptors (Lipinski definition) is 7. The molecular weight excluding hydrogens is 572 g/mol. The summed E-state index contributed by atoms with van der Waals surface area (Å²) in [6.45, 7) is 7.09. The number of para-hydroxylation sites is 1. The molecule has 0 saturated carbocycles. The Hall–Kier alpha value is -4.42. The van der Waals surface area contributed by atoms with Gasteiger partial charge < -0.3 is 25.4 Å². The lowest BCUT2D eigenvalue weighted by Gasteiger charge is -2.23. The van der Waals surface area contributed by atoms with E-state index in [1.807, 2.05) is 25.1 Å². The summed E-state index contributed by atoms with van der Waals surface area (Å²) in [7, 11) is -2.15. The second-order valence-electron chi connectivity index (χ2n) is 11.0. The van der Waals surface area contributed by atoms with Crippen molar-refractivity contribution in [2.45, 2.75) is 52.2 Å². The molecule has 12 heteroatoms. The zero-order chi connectivity index (χ0) is 31.8. The number of urea groups is 1. The third kappa shape index (κ3) is 11.1. The molecule has 3 rings (SSSR count). The summed E-state index contributed by atoms with van der Waals surface area (Å²) in [5, 5.41) is 8.36. The SMILES string of the molecule is COc1cc(CC(=O)Nc2ccc([C@@H](CC(=O)OC(C)(C)C)NS(C)(=O)=O)cc2)ccc1NC(=O)Nc1ccccc1C. The molecule has 0 bridgehead atoms. The molecular formula is C31H38N4O7S. The van der Waals surface area contributed by atoms with E-state index in [1.165, 1.54) is 7.11 Å². The van der Waals surface area contributed by atoms with E-state index in [1.54, 1.807) is 69.3 Å². The summed E-state index contributed by atoms with van der Waals surface area (Å²) in [5.41, 5.74) is 3.02. The summed E-state index contributed by atoms with van der Waals surface area (Å²) < 4.78 is 37.1. The third-order valence-corrected chi connectivity index (χ3v) is 6.73. The summed E-state index contributed by atoms with van der Waals surface area (Å²) >= 11 is 0. The Kier molecular flexibility index (Phi) is 10.9. The number of sulfonamides is 1. The molecule has 230 valence electrons. The van der Waals surface area contributed by atoms with Crippen LogP contribution in [0.3, 0.4) is 0 Å². The van der Waals surface area contributed by atoms with Crippen molar-refractivity contribution in [1.29, 1.82) is 0 Å². The van der Waals surface area contributed by atoms with Gasteiger partial charge in [-0.2, -0.15) is 0 Å². The minimum absolute atomic E-state index is 0.0324. The van der Waals surface area contributed by atoms with Crippen LogP contribution in [0.15, 0.2) is 66.7 Å². The minimum Gasteiger partial charge on any atom is -0.495 e. The Bertz CT molecular complexity index is 1570. The monoisotopic (exact) mass is 610 g/mol. The first-order chi connectivity index (χ1) is 20.1. The first kappa shape index (κ1) is 33.1. The van der Waals surface area contributed by atoms with Gasteiger partial charge >= 0.3 is 12.0 Å². The van der Waals surface area contributed by atoms with Crippen LogP contribution in [0.1, 0.15) is 49.9 Å². The average molecular weight is 611 g/mol. The van der Waals surface area contributed by atoms with E-state index in [2.05, 4.69) is 20.7 Å². The van der Waals surface area contributed by atoms with Crippen molar-refractivity contribution in [2.75, 3.05) is 29.3 Å². The zero-order valence-corrected chi connectivity index (χ0v) is 25.9. The van der Waals surface area contributed by atoms with E-state index in [0.29, 0.717) is 33.9 Å². The van der Waals surface area contributed by atoms with Crippen LogP contribution >= 0.6 is 0 Å². The number of ether oxygens (including phenoxy) is 2. The van der Waals surface area contributed by atoms with Crippen LogP contribution in [-0.2, 0) is 30.8 Å². The van der Waals surface area contributed by atoms with Crippen LogP contribution in [0.5, 0.6) is 5.75 Å². The van der Waals surface area contributed by atoms with Crippen molar-refractivity contribution < 1.29 is 32.3 Å². The summed E-state index contributed by atoms with van der Waals surface area (Å²) in [6, 6.07) is 17.7. The Labute approximate surface area is 252 Å². The molecule has 3 amide bonds. The molecule has 0 saturated heterocycles. The number of nitrogens with one attached hydrogen (secondary N) is 4. The first-order valence-corrected chi connectivity index (χ1v) is 15.4. The van der Waals surface area contributed by atoms with Gasteiger partial charge in [0.1, 0.15) is 11.4 Å². The molecule has 3 aromatic carbocycles. The molecule has 0 aliphatic heterocycles. The second-order valence-corrected chi connectivity index (χ2v) is 12.8. The molecule has 3 aromatic rings. The zero-order valence-electron chi connectivity index (χ0n) is 25.1. The van der Waals surface area contributed by atoms with E-state index < -0.39 is 33.7 Å². The highest BCUT2D eigenvalue weighted by molar-refractivity contribution is 7.88. The lowest BCUT2D eigenvalue weighted by atomic mass is 10.0. The van der Waals surface area contributed by atoms with Gasteiger partial charge in [-0.15, -0.1) is 0 Å². The standard InChI is InChI=1S/C31H38N4O7S/c1-20-9-7-8-10-24(20)33-30(38)34-25-16-11-21(17-27(25)41-5)18-28(36)32-23-14-12-22(13-15-23)26(35-43(6,39)40)19-29(37)42-31(2,3)4/h7-17,26,35H,18-19H2,1-6H3,(H,32,36)(H2,33,34,38)/t26-/m1/s1. The van der Waals surface area contributed by atoms with E-state index >= 15 is 0 Å². The third-order valence-electron chi connectivity index (χ3n) is 6.02. The molecule has 0 spiro atoms. The quantitative estimate of drug-likeness (QED) is 0.219. The molecule has 0 aliphatic rings. The summed E-state index contributed by atoms with van der Waals surface area (Å²) in [5.74, 6) is -0.453. The Balaban J connectivity index is 1.63. The van der Waals surface area contributed by atoms with Gasteiger partial charge in [-0.05, 0) is 74.7 Å². The summed E-state index contributed by atoms with van der Waals surface area (Å²) in [6.07, 6.45) is 0.850. The number of esters is 1. The van der Waals surface area contributed by atoms with Crippen LogP contribution in [0.25, 0.3) is 0 Å². The topological polar surface area (TPSA) is 152 Å². The van der Waals surface area contributed by atoms with Gasteiger partial charge in [0.2, 0.25) is 15.9 Å². The molecule has 0 heterocycles. The van der Waals surface area contributed by atoms with Gasteiger partial charge in [-0.25, -0.2) is 17.9 Å². The number of benzene rings is 3. The summed E-state index contributed by atoms with van der Waals surface area (Å²) in [4.78, 5) is 37.7. The molecule has 11 nitrogen and oxygen atoms in total. The van der Waals surface area contributed by atoms with Crippen molar-refractivity contribution in [3.05, 3.63) is 83.4 Å². The molecule has 4 N–H and O–H groups in total. The fraction of sp³-hybridized carbons (Fsp3) is 0.323. The van der Waals surface area contributed by atoms with Crippen LogP contribution in [0.2, 0.25) is 0 Å². The number of hydrogen-bond donors (Lipinski definition) is 4. The fourth-order valence-corrected chi connectivity index (χ4v) is 4.90. The van der Waals surface area contributed by atoms with E-state index in [9.17, 15) is 22.8 Å². The predicted octanol–water partition coefficient (Wildman–Crippen LogP) is 5.15. The highest BCUT2D eigenvalue weighted by Crippen LogP contribution is 2.27. The number of carbonyl (C=O) groups excluding carboxylic acids is 3. The fourth-order valence-electron chi connectivity index (χ4n) is 4.16.